The maximum atomic E-state index is 12.4. The molecule has 1 heterocycles. The van der Waals surface area contributed by atoms with E-state index in [1.165, 1.54) is 11.1 Å². The molecule has 3 rings (SSSR count). The average Bonchev–Trinajstić information content (AvgIpc) is 3.07. The molecule has 0 unspecified atom stereocenters. The summed E-state index contributed by atoms with van der Waals surface area (Å²) in [6.07, 6.45) is 1.57. The van der Waals surface area contributed by atoms with Crippen molar-refractivity contribution >= 4 is 23.6 Å². The predicted molar refractivity (Wildman–Crippen MR) is 111 cm³/mol. The van der Waals surface area contributed by atoms with Crippen LogP contribution in [0.15, 0.2) is 48.5 Å². The van der Waals surface area contributed by atoms with Gasteiger partial charge in [-0.2, -0.15) is 11.8 Å². The standard InChI is InChI=1S/C22H26N2O2S/c1-17-7-9-18(10-8-17)16-27-13-11-23-22(26)20-5-2-4-19(14-20)15-24-12-3-6-21(24)25/h2,4-5,7-10,14H,3,6,11-13,15-16H2,1H3,(H,23,26). The Hall–Kier alpha value is -2.27. The second-order valence-electron chi connectivity index (χ2n) is 6.91. The quantitative estimate of drug-likeness (QED) is 0.707. The van der Waals surface area contributed by atoms with Gasteiger partial charge in [0.1, 0.15) is 0 Å². The Morgan fingerprint density at radius 3 is 2.70 bits per heavy atom. The number of hydrogen-bond donors (Lipinski definition) is 1. The van der Waals surface area contributed by atoms with Gasteiger partial charge in [-0.25, -0.2) is 0 Å². The van der Waals surface area contributed by atoms with Crippen LogP contribution in [0.4, 0.5) is 0 Å². The zero-order valence-corrected chi connectivity index (χ0v) is 16.6. The summed E-state index contributed by atoms with van der Waals surface area (Å²) in [4.78, 5) is 26.0. The van der Waals surface area contributed by atoms with Crippen LogP contribution in [0, 0.1) is 6.92 Å². The molecule has 1 aliphatic rings. The van der Waals surface area contributed by atoms with Gasteiger partial charge >= 0.3 is 0 Å². The van der Waals surface area contributed by atoms with Crippen LogP contribution in [0.2, 0.25) is 0 Å². The number of carbonyl (C=O) groups excluding carboxylic acids is 2. The summed E-state index contributed by atoms with van der Waals surface area (Å²) >= 11 is 1.82. The predicted octanol–water partition coefficient (Wildman–Crippen LogP) is 3.78. The van der Waals surface area contributed by atoms with Crippen LogP contribution in [0.5, 0.6) is 0 Å². The summed E-state index contributed by atoms with van der Waals surface area (Å²) in [6.45, 7) is 4.13. The van der Waals surface area contributed by atoms with E-state index in [0.717, 1.165) is 30.0 Å². The van der Waals surface area contributed by atoms with Gasteiger partial charge in [0.2, 0.25) is 5.91 Å². The summed E-state index contributed by atoms with van der Waals surface area (Å²) < 4.78 is 0. The molecule has 0 bridgehead atoms. The van der Waals surface area contributed by atoms with Gasteiger partial charge in [-0.15, -0.1) is 0 Å². The molecule has 1 N–H and O–H groups in total. The number of aryl methyl sites for hydroxylation is 1. The van der Waals surface area contributed by atoms with E-state index in [1.807, 2.05) is 40.9 Å². The van der Waals surface area contributed by atoms with Gasteiger partial charge in [0.15, 0.2) is 0 Å². The van der Waals surface area contributed by atoms with E-state index in [9.17, 15) is 9.59 Å². The second-order valence-corrected chi connectivity index (χ2v) is 8.02. The second kappa shape index (κ2) is 9.60. The lowest BCUT2D eigenvalue weighted by atomic mass is 10.1. The van der Waals surface area contributed by atoms with Crippen molar-refractivity contribution in [1.82, 2.24) is 10.2 Å². The van der Waals surface area contributed by atoms with Crippen LogP contribution in [0.1, 0.15) is 39.9 Å². The summed E-state index contributed by atoms with van der Waals surface area (Å²) in [7, 11) is 0. The molecule has 0 aliphatic carbocycles. The van der Waals surface area contributed by atoms with Crippen LogP contribution in [0.3, 0.4) is 0 Å². The number of nitrogens with one attached hydrogen (secondary N) is 1. The van der Waals surface area contributed by atoms with Crippen molar-refractivity contribution < 1.29 is 9.59 Å². The van der Waals surface area contributed by atoms with Gasteiger partial charge in [0, 0.05) is 43.1 Å². The molecule has 142 valence electrons. The zero-order valence-electron chi connectivity index (χ0n) is 15.7. The number of rotatable bonds is 8. The fourth-order valence-electron chi connectivity index (χ4n) is 3.12. The lowest BCUT2D eigenvalue weighted by Gasteiger charge is -2.16. The first-order chi connectivity index (χ1) is 13.1. The lowest BCUT2D eigenvalue weighted by molar-refractivity contribution is -0.128. The molecule has 1 saturated heterocycles. The molecule has 2 aromatic rings. The zero-order chi connectivity index (χ0) is 19.1. The Balaban J connectivity index is 1.41. The van der Waals surface area contributed by atoms with E-state index in [1.54, 1.807) is 0 Å². The third-order valence-corrected chi connectivity index (χ3v) is 5.69. The lowest BCUT2D eigenvalue weighted by Crippen LogP contribution is -2.26. The average molecular weight is 383 g/mol. The maximum Gasteiger partial charge on any atom is 0.251 e. The smallest absolute Gasteiger partial charge is 0.251 e. The molecule has 1 aliphatic heterocycles. The number of carbonyl (C=O) groups is 2. The number of amides is 2. The molecule has 0 atom stereocenters. The molecule has 27 heavy (non-hydrogen) atoms. The highest BCUT2D eigenvalue weighted by Crippen LogP contribution is 2.15. The van der Waals surface area contributed by atoms with Crippen molar-refractivity contribution in [3.05, 3.63) is 70.8 Å². The van der Waals surface area contributed by atoms with Gasteiger partial charge in [-0.1, -0.05) is 42.0 Å². The van der Waals surface area contributed by atoms with Crippen molar-refractivity contribution in [3.63, 3.8) is 0 Å². The molecule has 2 aromatic carbocycles. The first-order valence-electron chi connectivity index (χ1n) is 9.40. The molecule has 4 nitrogen and oxygen atoms in total. The molecule has 2 amide bonds. The highest BCUT2D eigenvalue weighted by molar-refractivity contribution is 7.98. The molecule has 1 fully saturated rings. The highest BCUT2D eigenvalue weighted by atomic mass is 32.2. The Morgan fingerprint density at radius 1 is 1.15 bits per heavy atom. The van der Waals surface area contributed by atoms with Crippen molar-refractivity contribution in [3.8, 4) is 0 Å². The summed E-state index contributed by atoms with van der Waals surface area (Å²) in [5, 5.41) is 2.98. The van der Waals surface area contributed by atoms with Gasteiger partial charge < -0.3 is 10.2 Å². The topological polar surface area (TPSA) is 49.4 Å². The summed E-state index contributed by atoms with van der Waals surface area (Å²) in [5.41, 5.74) is 4.24. The van der Waals surface area contributed by atoms with Gasteiger partial charge in [-0.3, -0.25) is 9.59 Å². The van der Waals surface area contributed by atoms with E-state index in [2.05, 4.69) is 36.5 Å². The molecule has 0 spiro atoms. The minimum absolute atomic E-state index is 0.0551. The fraction of sp³-hybridized carbons (Fsp3) is 0.364. The molecular weight excluding hydrogens is 356 g/mol. The van der Waals surface area contributed by atoms with Gasteiger partial charge in [0.25, 0.3) is 5.91 Å². The summed E-state index contributed by atoms with van der Waals surface area (Å²) in [5.74, 6) is 1.98. The number of hydrogen-bond acceptors (Lipinski definition) is 3. The number of thioether (sulfide) groups is 1. The van der Waals surface area contributed by atoms with Gasteiger partial charge in [-0.05, 0) is 36.6 Å². The number of likely N-dealkylation sites (tertiary alicyclic amines) is 1. The third-order valence-electron chi connectivity index (χ3n) is 4.66. The molecule has 0 aromatic heterocycles. The number of benzene rings is 2. The minimum Gasteiger partial charge on any atom is -0.351 e. The monoisotopic (exact) mass is 382 g/mol. The molecule has 5 heteroatoms. The Bertz CT molecular complexity index is 789. The first kappa shape index (κ1) is 19.5. The van der Waals surface area contributed by atoms with E-state index in [0.29, 0.717) is 25.1 Å². The van der Waals surface area contributed by atoms with Crippen LogP contribution in [-0.4, -0.2) is 35.6 Å². The minimum atomic E-state index is -0.0551. The molecule has 0 radical (unpaired) electrons. The number of nitrogens with zero attached hydrogens (tertiary/aromatic N) is 1. The maximum absolute atomic E-state index is 12.4. The van der Waals surface area contributed by atoms with E-state index < -0.39 is 0 Å². The summed E-state index contributed by atoms with van der Waals surface area (Å²) in [6, 6.07) is 16.1. The van der Waals surface area contributed by atoms with E-state index in [-0.39, 0.29) is 11.8 Å². The highest BCUT2D eigenvalue weighted by Gasteiger charge is 2.20. The van der Waals surface area contributed by atoms with E-state index >= 15 is 0 Å². The van der Waals surface area contributed by atoms with Crippen molar-refractivity contribution in [2.24, 2.45) is 0 Å². The first-order valence-corrected chi connectivity index (χ1v) is 10.6. The van der Waals surface area contributed by atoms with Crippen molar-refractivity contribution in [2.75, 3.05) is 18.8 Å². The van der Waals surface area contributed by atoms with Crippen molar-refractivity contribution in [1.29, 1.82) is 0 Å². The normalized spacial score (nSPS) is 13.8. The van der Waals surface area contributed by atoms with Crippen LogP contribution < -0.4 is 5.32 Å². The molecule has 0 saturated carbocycles. The van der Waals surface area contributed by atoms with Crippen LogP contribution >= 0.6 is 11.8 Å². The third kappa shape index (κ3) is 5.86. The SMILES string of the molecule is Cc1ccc(CSCCNC(=O)c2cccc(CN3CCCC3=O)c2)cc1. The van der Waals surface area contributed by atoms with Crippen LogP contribution in [0.25, 0.3) is 0 Å². The molecular formula is C22H26N2O2S. The Labute approximate surface area is 165 Å². The van der Waals surface area contributed by atoms with Gasteiger partial charge in [0.05, 0.1) is 0 Å². The fourth-order valence-corrected chi connectivity index (χ4v) is 3.93. The van der Waals surface area contributed by atoms with E-state index in [4.69, 9.17) is 0 Å². The van der Waals surface area contributed by atoms with Crippen molar-refractivity contribution in [2.45, 2.75) is 32.1 Å². The Morgan fingerprint density at radius 2 is 1.96 bits per heavy atom. The van der Waals surface area contributed by atoms with Crippen LogP contribution in [-0.2, 0) is 17.1 Å². The largest absolute Gasteiger partial charge is 0.351 e. The Kier molecular flexibility index (Phi) is 6.93.